The second kappa shape index (κ2) is 7.67. The molecule has 1 N–H and O–H groups in total. The molecule has 2 aliphatic rings. The van der Waals surface area contributed by atoms with Crippen molar-refractivity contribution in [1.29, 1.82) is 0 Å². The Balaban J connectivity index is 1.79. The van der Waals surface area contributed by atoms with Crippen LogP contribution in [0, 0.1) is 0 Å². The Morgan fingerprint density at radius 2 is 1.88 bits per heavy atom. The number of hydrogen-bond acceptors (Lipinski definition) is 4. The van der Waals surface area contributed by atoms with Gasteiger partial charge < -0.3 is 5.11 Å². The molecular weight excluding hydrogens is 316 g/mol. The molecule has 1 aromatic rings. The van der Waals surface area contributed by atoms with Crippen LogP contribution in [-0.2, 0) is 9.59 Å². The minimum atomic E-state index is -0.380. The molecule has 3 rings (SSSR count). The van der Waals surface area contributed by atoms with Gasteiger partial charge in [0, 0.05) is 12.6 Å². The third-order valence-electron chi connectivity index (χ3n) is 5.48. The summed E-state index contributed by atoms with van der Waals surface area (Å²) in [6, 6.07) is 7.54. The minimum Gasteiger partial charge on any atom is -0.396 e. The molecule has 1 aromatic carbocycles. The van der Waals surface area contributed by atoms with Gasteiger partial charge >= 0.3 is 0 Å². The number of likely N-dealkylation sites (tertiary alicyclic amines) is 1. The molecule has 0 spiro atoms. The second-order valence-electron chi connectivity index (χ2n) is 7.43. The van der Waals surface area contributed by atoms with Crippen LogP contribution >= 0.6 is 0 Å². The zero-order valence-electron chi connectivity index (χ0n) is 15.1. The summed E-state index contributed by atoms with van der Waals surface area (Å²) in [5, 5.41) is 9.31. The molecule has 0 aliphatic carbocycles. The van der Waals surface area contributed by atoms with Crippen molar-refractivity contribution in [1.82, 2.24) is 4.90 Å². The first-order valence-corrected chi connectivity index (χ1v) is 9.36. The maximum absolute atomic E-state index is 13.0. The highest BCUT2D eigenvalue weighted by Gasteiger charge is 2.44. The Labute approximate surface area is 149 Å². The fraction of sp³-hybridized carbons (Fsp3) is 0.600. The lowest BCUT2D eigenvalue weighted by molar-refractivity contribution is -0.123. The predicted molar refractivity (Wildman–Crippen MR) is 97.5 cm³/mol. The van der Waals surface area contributed by atoms with Crippen molar-refractivity contribution in [2.45, 2.75) is 64.0 Å². The fourth-order valence-corrected chi connectivity index (χ4v) is 4.05. The lowest BCUT2D eigenvalue weighted by Crippen LogP contribution is -2.50. The number of carbonyl (C=O) groups excluding carboxylic acids is 2. The van der Waals surface area contributed by atoms with Crippen molar-refractivity contribution in [3.05, 3.63) is 29.8 Å². The molecule has 2 heterocycles. The van der Waals surface area contributed by atoms with Crippen LogP contribution in [0.3, 0.4) is 0 Å². The summed E-state index contributed by atoms with van der Waals surface area (Å²) in [7, 11) is 0. The molecule has 2 amide bonds. The predicted octanol–water partition coefficient (Wildman–Crippen LogP) is 2.68. The fourth-order valence-electron chi connectivity index (χ4n) is 4.05. The topological polar surface area (TPSA) is 60.9 Å². The highest BCUT2D eigenvalue weighted by molar-refractivity contribution is 6.22. The molecule has 0 unspecified atom stereocenters. The van der Waals surface area contributed by atoms with E-state index in [-0.39, 0.29) is 36.9 Å². The van der Waals surface area contributed by atoms with E-state index in [0.29, 0.717) is 18.0 Å². The van der Waals surface area contributed by atoms with Crippen LogP contribution in [0.4, 0.5) is 5.69 Å². The molecule has 136 valence electrons. The molecule has 0 radical (unpaired) electrons. The Morgan fingerprint density at radius 1 is 1.16 bits per heavy atom. The molecule has 0 saturated carbocycles. The average Bonchev–Trinajstić information content (AvgIpc) is 2.90. The molecular formula is C20H28N2O3. The monoisotopic (exact) mass is 344 g/mol. The molecule has 2 atom stereocenters. The number of nitrogens with zero attached hydrogens (tertiary/aromatic N) is 2. The average molecular weight is 344 g/mol. The van der Waals surface area contributed by atoms with Crippen LogP contribution in [0.5, 0.6) is 0 Å². The smallest absolute Gasteiger partial charge is 0.251 e. The summed E-state index contributed by atoms with van der Waals surface area (Å²) in [4.78, 5) is 29.0. The summed E-state index contributed by atoms with van der Waals surface area (Å²) in [5.74, 6) is 0.173. The third-order valence-corrected chi connectivity index (χ3v) is 5.48. The van der Waals surface area contributed by atoms with E-state index in [4.69, 9.17) is 0 Å². The standard InChI is InChI=1S/C20H28N2O3/c1-14(2)15-6-8-17(9-7-15)22-19(24)13-18(20(22)25)21-11-4-3-5-16(21)10-12-23/h6-9,14,16,18,23H,3-5,10-13H2,1-2H3/t16-,18-/m0/s1. The number of rotatable bonds is 5. The largest absolute Gasteiger partial charge is 0.396 e. The first-order chi connectivity index (χ1) is 12.0. The number of aliphatic hydroxyl groups excluding tert-OH is 1. The summed E-state index contributed by atoms with van der Waals surface area (Å²) in [5.41, 5.74) is 1.86. The highest BCUT2D eigenvalue weighted by atomic mass is 16.3. The lowest BCUT2D eigenvalue weighted by atomic mass is 9.97. The van der Waals surface area contributed by atoms with Crippen LogP contribution in [0.15, 0.2) is 24.3 Å². The van der Waals surface area contributed by atoms with E-state index in [0.717, 1.165) is 25.8 Å². The number of anilines is 1. The van der Waals surface area contributed by atoms with Crippen LogP contribution in [0.25, 0.3) is 0 Å². The number of carbonyl (C=O) groups is 2. The first kappa shape index (κ1) is 18.1. The van der Waals surface area contributed by atoms with Crippen molar-refractivity contribution in [2.24, 2.45) is 0 Å². The molecule has 2 aliphatic heterocycles. The van der Waals surface area contributed by atoms with Gasteiger partial charge in [0.05, 0.1) is 18.2 Å². The van der Waals surface area contributed by atoms with E-state index in [1.165, 1.54) is 10.5 Å². The maximum atomic E-state index is 13.0. The lowest BCUT2D eigenvalue weighted by Gasteiger charge is -2.38. The van der Waals surface area contributed by atoms with Gasteiger partial charge in [0.25, 0.3) is 5.91 Å². The molecule has 0 aromatic heterocycles. The SMILES string of the molecule is CC(C)c1ccc(N2C(=O)C[C@H](N3CCCC[C@H]3CCO)C2=O)cc1. The number of aliphatic hydroxyl groups is 1. The number of piperidine rings is 1. The van der Waals surface area contributed by atoms with E-state index < -0.39 is 0 Å². The highest BCUT2D eigenvalue weighted by Crippen LogP contribution is 2.31. The summed E-state index contributed by atoms with van der Waals surface area (Å²) in [6.07, 6.45) is 4.06. The number of hydrogen-bond donors (Lipinski definition) is 1. The first-order valence-electron chi connectivity index (χ1n) is 9.36. The van der Waals surface area contributed by atoms with Crippen molar-refractivity contribution in [3.63, 3.8) is 0 Å². The van der Waals surface area contributed by atoms with Gasteiger partial charge in [-0.05, 0) is 49.4 Å². The van der Waals surface area contributed by atoms with E-state index in [2.05, 4.69) is 18.7 Å². The normalized spacial score (nSPS) is 25.2. The molecule has 5 heteroatoms. The van der Waals surface area contributed by atoms with E-state index >= 15 is 0 Å². The Morgan fingerprint density at radius 3 is 2.52 bits per heavy atom. The van der Waals surface area contributed by atoms with Gasteiger partial charge in [-0.25, -0.2) is 4.90 Å². The van der Waals surface area contributed by atoms with Gasteiger partial charge in [-0.15, -0.1) is 0 Å². The van der Waals surface area contributed by atoms with Crippen molar-refractivity contribution < 1.29 is 14.7 Å². The maximum Gasteiger partial charge on any atom is 0.251 e. The van der Waals surface area contributed by atoms with Crippen LogP contribution in [-0.4, -0.2) is 47.1 Å². The summed E-state index contributed by atoms with van der Waals surface area (Å²) >= 11 is 0. The van der Waals surface area contributed by atoms with Gasteiger partial charge in [0.1, 0.15) is 0 Å². The van der Waals surface area contributed by atoms with Crippen LogP contribution in [0.2, 0.25) is 0 Å². The molecule has 5 nitrogen and oxygen atoms in total. The van der Waals surface area contributed by atoms with Gasteiger partial charge in [0.15, 0.2) is 0 Å². The quantitative estimate of drug-likeness (QED) is 0.834. The van der Waals surface area contributed by atoms with E-state index in [9.17, 15) is 14.7 Å². The number of imide groups is 1. The van der Waals surface area contributed by atoms with Crippen molar-refractivity contribution in [2.75, 3.05) is 18.1 Å². The van der Waals surface area contributed by atoms with Gasteiger partial charge in [-0.1, -0.05) is 32.4 Å². The molecule has 0 bridgehead atoms. The molecule has 2 saturated heterocycles. The minimum absolute atomic E-state index is 0.118. The molecule has 25 heavy (non-hydrogen) atoms. The number of benzene rings is 1. The zero-order valence-corrected chi connectivity index (χ0v) is 15.1. The van der Waals surface area contributed by atoms with Gasteiger partial charge in [0.2, 0.25) is 5.91 Å². The molecule has 2 fully saturated rings. The van der Waals surface area contributed by atoms with E-state index in [1.807, 2.05) is 24.3 Å². The Kier molecular flexibility index (Phi) is 5.54. The Bertz CT molecular complexity index is 624. The van der Waals surface area contributed by atoms with Gasteiger partial charge in [-0.3, -0.25) is 14.5 Å². The Hall–Kier alpha value is -1.72. The third kappa shape index (κ3) is 3.62. The van der Waals surface area contributed by atoms with E-state index in [1.54, 1.807) is 0 Å². The van der Waals surface area contributed by atoms with Crippen LogP contribution in [0.1, 0.15) is 57.4 Å². The second-order valence-corrected chi connectivity index (χ2v) is 7.43. The number of amides is 2. The van der Waals surface area contributed by atoms with Crippen molar-refractivity contribution in [3.8, 4) is 0 Å². The van der Waals surface area contributed by atoms with Crippen molar-refractivity contribution >= 4 is 17.5 Å². The summed E-state index contributed by atoms with van der Waals surface area (Å²) < 4.78 is 0. The summed E-state index contributed by atoms with van der Waals surface area (Å²) in [6.45, 7) is 5.19. The van der Waals surface area contributed by atoms with Gasteiger partial charge in [-0.2, -0.15) is 0 Å². The van der Waals surface area contributed by atoms with Crippen LogP contribution < -0.4 is 4.90 Å². The zero-order chi connectivity index (χ0) is 18.0.